The first-order chi connectivity index (χ1) is 9.42. The van der Waals surface area contributed by atoms with Crippen molar-refractivity contribution in [1.82, 2.24) is 15.5 Å². The van der Waals surface area contributed by atoms with Crippen molar-refractivity contribution in [2.45, 2.75) is 18.9 Å². The van der Waals surface area contributed by atoms with Crippen LogP contribution < -0.4 is 10.6 Å². The van der Waals surface area contributed by atoms with Crippen molar-refractivity contribution >= 4 is 5.82 Å². The van der Waals surface area contributed by atoms with Gasteiger partial charge in [0.15, 0.2) is 0 Å². The van der Waals surface area contributed by atoms with Crippen LogP contribution in [0.1, 0.15) is 12.8 Å². The Morgan fingerprint density at radius 2 is 1.74 bits per heavy atom. The lowest BCUT2D eigenvalue weighted by Crippen LogP contribution is -2.35. The molecule has 0 unspecified atom stereocenters. The van der Waals surface area contributed by atoms with Crippen molar-refractivity contribution < 1.29 is 0 Å². The molecule has 2 aromatic rings. The molecule has 2 heterocycles. The predicted molar refractivity (Wildman–Crippen MR) is 77.0 cm³/mol. The van der Waals surface area contributed by atoms with Gasteiger partial charge in [0.25, 0.3) is 0 Å². The number of benzene rings is 1. The van der Waals surface area contributed by atoms with Gasteiger partial charge in [-0.05, 0) is 38.1 Å². The molecule has 1 fully saturated rings. The number of rotatable bonds is 3. The summed E-state index contributed by atoms with van der Waals surface area (Å²) in [5.74, 6) is 0.867. The van der Waals surface area contributed by atoms with Crippen LogP contribution in [0, 0.1) is 0 Å². The Kier molecular flexibility index (Phi) is 3.70. The zero-order valence-electron chi connectivity index (χ0n) is 10.8. The maximum Gasteiger partial charge on any atom is 0.148 e. The van der Waals surface area contributed by atoms with E-state index in [1.807, 2.05) is 42.5 Å². The fourth-order valence-corrected chi connectivity index (χ4v) is 2.35. The second-order valence-corrected chi connectivity index (χ2v) is 4.84. The van der Waals surface area contributed by atoms with Gasteiger partial charge >= 0.3 is 0 Å². The van der Waals surface area contributed by atoms with Gasteiger partial charge in [-0.15, -0.1) is 10.2 Å². The molecule has 3 rings (SSSR count). The molecular formula is C15H18N4. The lowest BCUT2D eigenvalue weighted by molar-refractivity contribution is 0.478. The molecule has 0 aliphatic carbocycles. The first-order valence-electron chi connectivity index (χ1n) is 6.78. The molecule has 98 valence electrons. The summed E-state index contributed by atoms with van der Waals surface area (Å²) in [6.45, 7) is 2.15. The zero-order valence-corrected chi connectivity index (χ0v) is 10.8. The van der Waals surface area contributed by atoms with E-state index in [0.717, 1.165) is 43.0 Å². The van der Waals surface area contributed by atoms with Crippen molar-refractivity contribution in [1.29, 1.82) is 0 Å². The second kappa shape index (κ2) is 5.80. The van der Waals surface area contributed by atoms with E-state index >= 15 is 0 Å². The lowest BCUT2D eigenvalue weighted by Gasteiger charge is -2.23. The molecule has 0 atom stereocenters. The minimum atomic E-state index is 0.512. The van der Waals surface area contributed by atoms with Crippen molar-refractivity contribution in [2.24, 2.45) is 0 Å². The number of nitrogens with zero attached hydrogens (tertiary/aromatic N) is 2. The van der Waals surface area contributed by atoms with Crippen LogP contribution in [0.4, 0.5) is 5.82 Å². The van der Waals surface area contributed by atoms with E-state index in [0.29, 0.717) is 6.04 Å². The van der Waals surface area contributed by atoms with Gasteiger partial charge in [-0.3, -0.25) is 0 Å². The lowest BCUT2D eigenvalue weighted by atomic mass is 10.1. The summed E-state index contributed by atoms with van der Waals surface area (Å²) in [7, 11) is 0. The average molecular weight is 254 g/mol. The summed E-state index contributed by atoms with van der Waals surface area (Å²) in [4.78, 5) is 0. The summed E-state index contributed by atoms with van der Waals surface area (Å²) in [5.41, 5.74) is 2.01. The highest BCUT2D eigenvalue weighted by Crippen LogP contribution is 2.17. The highest BCUT2D eigenvalue weighted by Gasteiger charge is 2.13. The molecule has 0 amide bonds. The van der Waals surface area contributed by atoms with Gasteiger partial charge in [-0.2, -0.15) is 0 Å². The Morgan fingerprint density at radius 3 is 2.42 bits per heavy atom. The first kappa shape index (κ1) is 12.1. The van der Waals surface area contributed by atoms with Gasteiger partial charge in [-0.1, -0.05) is 30.3 Å². The van der Waals surface area contributed by atoms with Crippen LogP contribution in [0.25, 0.3) is 11.3 Å². The maximum absolute atomic E-state index is 4.29. The van der Waals surface area contributed by atoms with E-state index in [9.17, 15) is 0 Å². The fourth-order valence-electron chi connectivity index (χ4n) is 2.35. The van der Waals surface area contributed by atoms with Gasteiger partial charge in [0, 0.05) is 11.6 Å². The minimum absolute atomic E-state index is 0.512. The SMILES string of the molecule is c1ccc(-c2ccc(NC3CCNCC3)nn2)cc1. The molecule has 1 aliphatic rings. The second-order valence-electron chi connectivity index (χ2n) is 4.84. The molecule has 4 heteroatoms. The van der Waals surface area contributed by atoms with E-state index < -0.39 is 0 Å². The minimum Gasteiger partial charge on any atom is -0.366 e. The Hall–Kier alpha value is -1.94. The molecule has 1 aromatic heterocycles. The number of piperidine rings is 1. The highest BCUT2D eigenvalue weighted by atomic mass is 15.2. The van der Waals surface area contributed by atoms with Crippen molar-refractivity contribution in [3.05, 3.63) is 42.5 Å². The van der Waals surface area contributed by atoms with E-state index in [2.05, 4.69) is 20.8 Å². The molecule has 4 nitrogen and oxygen atoms in total. The van der Waals surface area contributed by atoms with E-state index in [4.69, 9.17) is 0 Å². The van der Waals surface area contributed by atoms with E-state index in [1.165, 1.54) is 0 Å². The van der Waals surface area contributed by atoms with Crippen LogP contribution >= 0.6 is 0 Å². The van der Waals surface area contributed by atoms with Crippen LogP contribution in [0.3, 0.4) is 0 Å². The molecule has 1 aliphatic heterocycles. The molecule has 2 N–H and O–H groups in total. The van der Waals surface area contributed by atoms with Crippen molar-refractivity contribution in [2.75, 3.05) is 18.4 Å². The van der Waals surface area contributed by atoms with Gasteiger partial charge < -0.3 is 10.6 Å². The zero-order chi connectivity index (χ0) is 12.9. The van der Waals surface area contributed by atoms with E-state index in [1.54, 1.807) is 0 Å². The monoisotopic (exact) mass is 254 g/mol. The van der Waals surface area contributed by atoms with Crippen LogP contribution in [0.15, 0.2) is 42.5 Å². The molecule has 1 saturated heterocycles. The Bertz CT molecular complexity index is 503. The normalized spacial score (nSPS) is 16.2. The number of aromatic nitrogens is 2. The Balaban J connectivity index is 1.68. The van der Waals surface area contributed by atoms with Gasteiger partial charge in [0.1, 0.15) is 5.82 Å². The molecule has 19 heavy (non-hydrogen) atoms. The average Bonchev–Trinajstić information content (AvgIpc) is 2.50. The van der Waals surface area contributed by atoms with Crippen LogP contribution in [-0.2, 0) is 0 Å². The summed E-state index contributed by atoms with van der Waals surface area (Å²) in [6.07, 6.45) is 2.28. The maximum atomic E-state index is 4.29. The van der Waals surface area contributed by atoms with Crippen molar-refractivity contribution in [3.8, 4) is 11.3 Å². The largest absolute Gasteiger partial charge is 0.366 e. The summed E-state index contributed by atoms with van der Waals surface area (Å²) < 4.78 is 0. The van der Waals surface area contributed by atoms with Gasteiger partial charge in [0.05, 0.1) is 5.69 Å². The van der Waals surface area contributed by atoms with Crippen LogP contribution in [0.5, 0.6) is 0 Å². The third-order valence-electron chi connectivity index (χ3n) is 3.43. The van der Waals surface area contributed by atoms with E-state index in [-0.39, 0.29) is 0 Å². The smallest absolute Gasteiger partial charge is 0.148 e. The molecular weight excluding hydrogens is 236 g/mol. The van der Waals surface area contributed by atoms with Gasteiger partial charge in [-0.25, -0.2) is 0 Å². The standard InChI is InChI=1S/C15H18N4/c1-2-4-12(5-3-1)14-6-7-15(19-18-14)17-13-8-10-16-11-9-13/h1-7,13,16H,8-11H2,(H,17,19). The number of hydrogen-bond donors (Lipinski definition) is 2. The third-order valence-corrected chi connectivity index (χ3v) is 3.43. The van der Waals surface area contributed by atoms with Crippen LogP contribution in [-0.4, -0.2) is 29.3 Å². The number of hydrogen-bond acceptors (Lipinski definition) is 4. The summed E-state index contributed by atoms with van der Waals surface area (Å²) in [6, 6.07) is 14.7. The Labute approximate surface area is 113 Å². The Morgan fingerprint density at radius 1 is 0.947 bits per heavy atom. The quantitative estimate of drug-likeness (QED) is 0.882. The summed E-state index contributed by atoms with van der Waals surface area (Å²) in [5, 5.41) is 15.4. The predicted octanol–water partition coefficient (Wildman–Crippen LogP) is 2.31. The van der Waals surface area contributed by atoms with Gasteiger partial charge in [0.2, 0.25) is 0 Å². The number of anilines is 1. The van der Waals surface area contributed by atoms with Crippen LogP contribution in [0.2, 0.25) is 0 Å². The molecule has 0 spiro atoms. The molecule has 1 aromatic carbocycles. The third kappa shape index (κ3) is 3.09. The molecule has 0 bridgehead atoms. The molecule has 0 radical (unpaired) electrons. The number of nitrogens with one attached hydrogen (secondary N) is 2. The first-order valence-corrected chi connectivity index (χ1v) is 6.78. The summed E-state index contributed by atoms with van der Waals surface area (Å²) >= 11 is 0. The van der Waals surface area contributed by atoms with Crippen molar-refractivity contribution in [3.63, 3.8) is 0 Å². The topological polar surface area (TPSA) is 49.8 Å². The fraction of sp³-hybridized carbons (Fsp3) is 0.333. The molecule has 0 saturated carbocycles. The highest BCUT2D eigenvalue weighted by molar-refractivity contribution is 5.59.